The molecule has 0 aliphatic rings. The molecule has 5 unspecified atom stereocenters. The fraction of sp³-hybridized carbons (Fsp3) is 0.773. The van der Waals surface area contributed by atoms with Crippen molar-refractivity contribution in [1.29, 1.82) is 0 Å². The summed E-state index contributed by atoms with van der Waals surface area (Å²) in [6.45, 7) is 7.55. The third-order valence-electron chi connectivity index (χ3n) is 5.69. The Kier molecular flexibility index (Phi) is 14.7. The molecule has 0 heterocycles. The number of primary amides is 1. The van der Waals surface area contributed by atoms with E-state index < -0.39 is 53.8 Å². The van der Waals surface area contributed by atoms with Crippen molar-refractivity contribution in [2.75, 3.05) is 6.54 Å². The Morgan fingerprint density at radius 1 is 0.853 bits per heavy atom. The minimum absolute atomic E-state index is 0.139. The number of carbonyl (C=O) groups excluding carboxylic acids is 4. The molecule has 0 aromatic rings. The van der Waals surface area contributed by atoms with E-state index in [1.807, 2.05) is 6.92 Å². The van der Waals surface area contributed by atoms with Crippen LogP contribution in [0.25, 0.3) is 0 Å². The van der Waals surface area contributed by atoms with Crippen molar-refractivity contribution in [3.05, 3.63) is 0 Å². The van der Waals surface area contributed by atoms with Gasteiger partial charge in [-0.15, -0.1) is 0 Å². The number of amides is 4. The highest BCUT2D eigenvalue weighted by atomic mass is 16.4. The lowest BCUT2D eigenvalue weighted by atomic mass is 9.96. The second kappa shape index (κ2) is 16.0. The molecule has 0 rings (SSSR count). The van der Waals surface area contributed by atoms with Crippen molar-refractivity contribution < 1.29 is 29.1 Å². The van der Waals surface area contributed by atoms with Gasteiger partial charge in [0.05, 0.1) is 6.04 Å². The summed E-state index contributed by atoms with van der Waals surface area (Å²) in [5, 5.41) is 17.1. The van der Waals surface area contributed by atoms with Crippen molar-refractivity contribution in [1.82, 2.24) is 16.0 Å². The highest BCUT2D eigenvalue weighted by molar-refractivity contribution is 5.94. The number of carboxylic acids is 1. The Balaban J connectivity index is 5.56. The van der Waals surface area contributed by atoms with Crippen molar-refractivity contribution >= 4 is 29.6 Å². The van der Waals surface area contributed by atoms with Crippen molar-refractivity contribution in [3.63, 3.8) is 0 Å². The standard InChI is InChI=1S/C22H42N6O6/c1-5-13(4)18(21(32)27-15(22(33)34)9-10-16(24)29)28-19(30)14(8-6-7-11-23)26-20(31)17(25)12(2)3/h12-15,17-18H,5-11,23,25H2,1-4H3,(H2,24,29)(H,26,31)(H,27,32)(H,28,30)(H,33,34). The topological polar surface area (TPSA) is 220 Å². The van der Waals surface area contributed by atoms with Crippen LogP contribution in [-0.2, 0) is 24.0 Å². The summed E-state index contributed by atoms with van der Waals surface area (Å²) < 4.78 is 0. The fourth-order valence-electron chi connectivity index (χ4n) is 3.09. The van der Waals surface area contributed by atoms with Gasteiger partial charge >= 0.3 is 5.97 Å². The van der Waals surface area contributed by atoms with Gasteiger partial charge in [0, 0.05) is 6.42 Å². The maximum Gasteiger partial charge on any atom is 0.326 e. The van der Waals surface area contributed by atoms with Gasteiger partial charge in [-0.1, -0.05) is 34.1 Å². The lowest BCUT2D eigenvalue weighted by Crippen LogP contribution is -2.59. The van der Waals surface area contributed by atoms with Crippen LogP contribution in [0.15, 0.2) is 0 Å². The molecular weight excluding hydrogens is 444 g/mol. The van der Waals surface area contributed by atoms with E-state index in [2.05, 4.69) is 16.0 Å². The molecule has 0 fully saturated rings. The molecule has 0 bridgehead atoms. The molecule has 196 valence electrons. The third kappa shape index (κ3) is 11.4. The normalized spacial score (nSPS) is 15.5. The second-order valence-corrected chi connectivity index (χ2v) is 8.89. The van der Waals surface area contributed by atoms with E-state index in [-0.39, 0.29) is 24.7 Å². The van der Waals surface area contributed by atoms with Crippen molar-refractivity contribution in [2.24, 2.45) is 29.0 Å². The van der Waals surface area contributed by atoms with E-state index in [4.69, 9.17) is 17.2 Å². The number of unbranched alkanes of at least 4 members (excludes halogenated alkanes) is 1. The summed E-state index contributed by atoms with van der Waals surface area (Å²) >= 11 is 0. The monoisotopic (exact) mass is 486 g/mol. The SMILES string of the molecule is CCC(C)C(NC(=O)C(CCCCN)NC(=O)C(N)C(C)C)C(=O)NC(CCC(N)=O)C(=O)O. The van der Waals surface area contributed by atoms with E-state index in [0.717, 1.165) is 0 Å². The zero-order valence-corrected chi connectivity index (χ0v) is 20.6. The Morgan fingerprint density at radius 2 is 1.44 bits per heavy atom. The summed E-state index contributed by atoms with van der Waals surface area (Å²) in [4.78, 5) is 61.0. The Morgan fingerprint density at radius 3 is 1.91 bits per heavy atom. The Hall–Kier alpha value is -2.73. The molecule has 4 amide bonds. The third-order valence-corrected chi connectivity index (χ3v) is 5.69. The average Bonchev–Trinajstić information content (AvgIpc) is 2.77. The number of hydrogen-bond donors (Lipinski definition) is 7. The molecule has 0 aliphatic heterocycles. The molecule has 12 nitrogen and oxygen atoms in total. The minimum Gasteiger partial charge on any atom is -0.480 e. The molecule has 0 radical (unpaired) electrons. The maximum atomic E-state index is 13.1. The molecule has 12 heteroatoms. The first kappa shape index (κ1) is 31.3. The highest BCUT2D eigenvalue weighted by Crippen LogP contribution is 2.11. The number of aliphatic carboxylic acids is 1. The highest BCUT2D eigenvalue weighted by Gasteiger charge is 2.32. The van der Waals surface area contributed by atoms with Crippen molar-refractivity contribution in [3.8, 4) is 0 Å². The largest absolute Gasteiger partial charge is 0.480 e. The molecule has 0 aromatic heterocycles. The van der Waals surface area contributed by atoms with E-state index in [1.54, 1.807) is 20.8 Å². The van der Waals surface area contributed by atoms with Crippen LogP contribution >= 0.6 is 0 Å². The molecule has 0 saturated heterocycles. The number of carboxylic acid groups (broad SMARTS) is 1. The van der Waals surface area contributed by atoms with E-state index in [9.17, 15) is 29.1 Å². The van der Waals surface area contributed by atoms with Crippen LogP contribution in [0.3, 0.4) is 0 Å². The zero-order valence-electron chi connectivity index (χ0n) is 20.6. The molecule has 10 N–H and O–H groups in total. The van der Waals surface area contributed by atoms with Crippen LogP contribution < -0.4 is 33.2 Å². The van der Waals surface area contributed by atoms with Crippen LogP contribution in [-0.4, -0.2) is 65.4 Å². The van der Waals surface area contributed by atoms with Gasteiger partial charge in [0.15, 0.2) is 0 Å². The molecule has 0 aromatic carbocycles. The number of carbonyl (C=O) groups is 5. The van der Waals surface area contributed by atoms with Gasteiger partial charge in [0.2, 0.25) is 23.6 Å². The molecule has 0 aliphatic carbocycles. The predicted octanol–water partition coefficient (Wildman–Crippen LogP) is -1.05. The summed E-state index contributed by atoms with van der Waals surface area (Å²) in [6, 6.07) is -4.14. The lowest BCUT2D eigenvalue weighted by molar-refractivity contribution is -0.143. The first-order valence-electron chi connectivity index (χ1n) is 11.7. The van der Waals surface area contributed by atoms with Gasteiger partial charge in [0.1, 0.15) is 18.1 Å². The molecule has 0 saturated carbocycles. The Bertz CT molecular complexity index is 701. The smallest absolute Gasteiger partial charge is 0.326 e. The number of hydrogen-bond acceptors (Lipinski definition) is 7. The quantitative estimate of drug-likeness (QED) is 0.125. The van der Waals surface area contributed by atoms with Gasteiger partial charge in [-0.2, -0.15) is 0 Å². The average molecular weight is 487 g/mol. The first-order valence-corrected chi connectivity index (χ1v) is 11.7. The van der Waals surface area contributed by atoms with E-state index in [1.165, 1.54) is 0 Å². The fourth-order valence-corrected chi connectivity index (χ4v) is 3.09. The molecule has 34 heavy (non-hydrogen) atoms. The van der Waals surface area contributed by atoms with Gasteiger partial charge < -0.3 is 38.3 Å². The van der Waals surface area contributed by atoms with Crippen LogP contribution in [0.5, 0.6) is 0 Å². The molecular formula is C22H42N6O6. The van der Waals surface area contributed by atoms with Crippen LogP contribution in [0, 0.1) is 11.8 Å². The molecule has 5 atom stereocenters. The maximum absolute atomic E-state index is 13.1. The Labute approximate surface area is 201 Å². The number of nitrogens with two attached hydrogens (primary N) is 3. The summed E-state index contributed by atoms with van der Waals surface area (Å²) in [7, 11) is 0. The lowest BCUT2D eigenvalue weighted by Gasteiger charge is -2.28. The zero-order chi connectivity index (χ0) is 26.4. The summed E-state index contributed by atoms with van der Waals surface area (Å²) in [6.07, 6.45) is 1.63. The molecule has 0 spiro atoms. The van der Waals surface area contributed by atoms with Crippen LogP contribution in [0.2, 0.25) is 0 Å². The first-order chi connectivity index (χ1) is 15.8. The number of rotatable bonds is 17. The van der Waals surface area contributed by atoms with Gasteiger partial charge in [0.25, 0.3) is 0 Å². The van der Waals surface area contributed by atoms with Crippen LogP contribution in [0.4, 0.5) is 0 Å². The number of nitrogens with one attached hydrogen (secondary N) is 3. The second-order valence-electron chi connectivity index (χ2n) is 8.89. The van der Waals surface area contributed by atoms with Gasteiger partial charge in [-0.3, -0.25) is 19.2 Å². The van der Waals surface area contributed by atoms with Crippen LogP contribution in [0.1, 0.15) is 66.2 Å². The minimum atomic E-state index is -1.34. The van der Waals surface area contributed by atoms with E-state index >= 15 is 0 Å². The van der Waals surface area contributed by atoms with Crippen molar-refractivity contribution in [2.45, 2.75) is 90.4 Å². The van der Waals surface area contributed by atoms with Gasteiger partial charge in [-0.05, 0) is 44.1 Å². The van der Waals surface area contributed by atoms with E-state index in [0.29, 0.717) is 32.2 Å². The van der Waals surface area contributed by atoms with Gasteiger partial charge in [-0.25, -0.2) is 4.79 Å². The summed E-state index contributed by atoms with van der Waals surface area (Å²) in [5.41, 5.74) is 16.5. The predicted molar refractivity (Wildman–Crippen MR) is 127 cm³/mol. The summed E-state index contributed by atoms with van der Waals surface area (Å²) in [5.74, 6) is -4.25.